The van der Waals surface area contributed by atoms with Crippen LogP contribution in [0.4, 0.5) is 15.8 Å². The Labute approximate surface area is 146 Å². The largest absolute Gasteiger partial charge is 0.320 e. The number of nitrogens with one attached hydrogen (secondary N) is 2. The number of rotatable bonds is 1. The van der Waals surface area contributed by atoms with E-state index in [9.17, 15) is 14.0 Å². The molecule has 0 saturated carbocycles. The Hall–Kier alpha value is -3.06. The number of halogens is 2. The normalized spacial score (nSPS) is 18.4. The van der Waals surface area contributed by atoms with E-state index in [1.807, 2.05) is 0 Å². The molecule has 2 aliphatic heterocycles. The summed E-state index contributed by atoms with van der Waals surface area (Å²) in [4.78, 5) is 24.2. The third-order valence-electron chi connectivity index (χ3n) is 3.96. The summed E-state index contributed by atoms with van der Waals surface area (Å²) < 4.78 is 13.7. The van der Waals surface area contributed by atoms with Crippen molar-refractivity contribution in [1.29, 1.82) is 0 Å². The number of amides is 2. The zero-order valence-electron chi connectivity index (χ0n) is 12.9. The number of benzene rings is 2. The van der Waals surface area contributed by atoms with Gasteiger partial charge in [-0.05, 0) is 42.8 Å². The number of carbonyl (C=O) groups excluding carboxylic acids is 2. The molecule has 0 fully saturated rings. The fourth-order valence-corrected chi connectivity index (χ4v) is 2.99. The summed E-state index contributed by atoms with van der Waals surface area (Å²) in [5, 5.41) is 13.6. The SMILES string of the molecule is Cc1cc(F)cc2c1NC(=O)/C2=N\N=C1/C(=O)Nc2ccc(Cl)cc21. The fraction of sp³-hybridized carbons (Fsp3) is 0.0588. The van der Waals surface area contributed by atoms with Crippen LogP contribution in [0, 0.1) is 12.7 Å². The van der Waals surface area contributed by atoms with E-state index in [4.69, 9.17) is 11.6 Å². The molecule has 0 aliphatic carbocycles. The van der Waals surface area contributed by atoms with Crippen LogP contribution >= 0.6 is 11.6 Å². The van der Waals surface area contributed by atoms with Gasteiger partial charge in [0.05, 0.1) is 11.4 Å². The molecule has 0 radical (unpaired) electrons. The third kappa shape index (κ3) is 2.49. The van der Waals surface area contributed by atoms with Gasteiger partial charge in [-0.3, -0.25) is 9.59 Å². The lowest BCUT2D eigenvalue weighted by Gasteiger charge is -2.02. The minimum atomic E-state index is -0.502. The Morgan fingerprint density at radius 3 is 2.40 bits per heavy atom. The number of nitrogens with zero attached hydrogens (tertiary/aromatic N) is 2. The van der Waals surface area contributed by atoms with Gasteiger partial charge in [-0.2, -0.15) is 0 Å². The van der Waals surface area contributed by atoms with Gasteiger partial charge < -0.3 is 10.6 Å². The first-order valence-corrected chi connectivity index (χ1v) is 7.70. The molecule has 0 unspecified atom stereocenters. The lowest BCUT2D eigenvalue weighted by atomic mass is 10.1. The summed E-state index contributed by atoms with van der Waals surface area (Å²) in [6, 6.07) is 7.40. The highest BCUT2D eigenvalue weighted by molar-refractivity contribution is 6.55. The summed E-state index contributed by atoms with van der Waals surface area (Å²) in [5.74, 6) is -1.43. The zero-order chi connectivity index (χ0) is 17.7. The van der Waals surface area contributed by atoms with Gasteiger partial charge in [0.25, 0.3) is 11.8 Å². The number of hydrogen-bond acceptors (Lipinski definition) is 4. The molecule has 8 heteroatoms. The van der Waals surface area contributed by atoms with E-state index in [0.29, 0.717) is 33.1 Å². The predicted molar refractivity (Wildman–Crippen MR) is 92.9 cm³/mol. The second-order valence-electron chi connectivity index (χ2n) is 5.64. The lowest BCUT2D eigenvalue weighted by Crippen LogP contribution is -2.16. The van der Waals surface area contributed by atoms with Crippen molar-refractivity contribution in [2.75, 3.05) is 10.6 Å². The Kier molecular flexibility index (Phi) is 3.40. The monoisotopic (exact) mass is 356 g/mol. The van der Waals surface area contributed by atoms with E-state index in [0.717, 1.165) is 0 Å². The molecule has 2 N–H and O–H groups in total. The van der Waals surface area contributed by atoms with Crippen LogP contribution in [0.2, 0.25) is 5.02 Å². The Morgan fingerprint density at radius 1 is 0.960 bits per heavy atom. The second-order valence-corrected chi connectivity index (χ2v) is 6.08. The highest BCUT2D eigenvalue weighted by Crippen LogP contribution is 2.29. The molecule has 0 aromatic heterocycles. The number of fused-ring (bicyclic) bond motifs is 2. The highest BCUT2D eigenvalue weighted by Gasteiger charge is 2.30. The van der Waals surface area contributed by atoms with Crippen molar-refractivity contribution < 1.29 is 14.0 Å². The molecule has 0 bridgehead atoms. The molecule has 6 nitrogen and oxygen atoms in total. The van der Waals surface area contributed by atoms with E-state index < -0.39 is 17.6 Å². The average Bonchev–Trinajstić information content (AvgIpc) is 3.02. The van der Waals surface area contributed by atoms with Gasteiger partial charge in [0, 0.05) is 16.1 Å². The maximum atomic E-state index is 13.7. The first kappa shape index (κ1) is 15.5. The van der Waals surface area contributed by atoms with Crippen molar-refractivity contribution in [2.45, 2.75) is 6.92 Å². The van der Waals surface area contributed by atoms with E-state index in [1.165, 1.54) is 12.1 Å². The Morgan fingerprint density at radius 2 is 1.64 bits per heavy atom. The molecule has 124 valence electrons. The second kappa shape index (κ2) is 5.49. The highest BCUT2D eigenvalue weighted by atomic mass is 35.5. The van der Waals surface area contributed by atoms with Crippen molar-refractivity contribution in [3.8, 4) is 0 Å². The van der Waals surface area contributed by atoms with Gasteiger partial charge in [-0.25, -0.2) is 4.39 Å². The van der Waals surface area contributed by atoms with Gasteiger partial charge in [0.1, 0.15) is 5.82 Å². The van der Waals surface area contributed by atoms with Gasteiger partial charge in [0.15, 0.2) is 11.4 Å². The summed E-state index contributed by atoms with van der Waals surface area (Å²) in [6.07, 6.45) is 0. The molecule has 2 aliphatic rings. The predicted octanol–water partition coefficient (Wildman–Crippen LogP) is 2.89. The van der Waals surface area contributed by atoms with Crippen molar-refractivity contribution in [1.82, 2.24) is 0 Å². The zero-order valence-corrected chi connectivity index (χ0v) is 13.6. The molecule has 25 heavy (non-hydrogen) atoms. The fourth-order valence-electron chi connectivity index (χ4n) is 2.81. The van der Waals surface area contributed by atoms with Crippen molar-refractivity contribution in [3.05, 3.63) is 57.9 Å². The maximum absolute atomic E-state index is 13.7. The molecule has 2 amide bonds. The third-order valence-corrected chi connectivity index (χ3v) is 4.19. The van der Waals surface area contributed by atoms with Gasteiger partial charge >= 0.3 is 0 Å². The van der Waals surface area contributed by atoms with E-state index in [1.54, 1.807) is 25.1 Å². The van der Waals surface area contributed by atoms with Crippen LogP contribution in [0.1, 0.15) is 16.7 Å². The van der Waals surface area contributed by atoms with Crippen LogP contribution in [0.25, 0.3) is 0 Å². The average molecular weight is 357 g/mol. The molecule has 4 rings (SSSR count). The molecule has 0 saturated heterocycles. The van der Waals surface area contributed by atoms with E-state index in [-0.39, 0.29) is 11.4 Å². The van der Waals surface area contributed by atoms with Crippen LogP contribution in [-0.4, -0.2) is 23.2 Å². The van der Waals surface area contributed by atoms with Gasteiger partial charge in [0.2, 0.25) is 0 Å². The summed E-state index contributed by atoms with van der Waals surface area (Å²) in [5.41, 5.74) is 2.44. The van der Waals surface area contributed by atoms with Crippen LogP contribution in [0.3, 0.4) is 0 Å². The molecule has 2 aromatic carbocycles. The first-order chi connectivity index (χ1) is 11.9. The van der Waals surface area contributed by atoms with Crippen LogP contribution in [-0.2, 0) is 9.59 Å². The maximum Gasteiger partial charge on any atom is 0.276 e. The number of aryl methyl sites for hydroxylation is 1. The van der Waals surface area contributed by atoms with E-state index in [2.05, 4.69) is 20.8 Å². The quantitative estimate of drug-likeness (QED) is 0.770. The smallest absolute Gasteiger partial charge is 0.276 e. The molecule has 0 atom stereocenters. The van der Waals surface area contributed by atoms with Crippen molar-refractivity contribution >= 4 is 46.2 Å². The van der Waals surface area contributed by atoms with Crippen molar-refractivity contribution in [3.63, 3.8) is 0 Å². The summed E-state index contributed by atoms with van der Waals surface area (Å²) >= 11 is 5.95. The molecular formula is C17H10ClFN4O2. The van der Waals surface area contributed by atoms with E-state index >= 15 is 0 Å². The van der Waals surface area contributed by atoms with Crippen LogP contribution in [0.5, 0.6) is 0 Å². The minimum Gasteiger partial charge on any atom is -0.320 e. The molecule has 2 aromatic rings. The Balaban J connectivity index is 1.82. The topological polar surface area (TPSA) is 82.9 Å². The van der Waals surface area contributed by atoms with Crippen LogP contribution < -0.4 is 10.6 Å². The summed E-state index contributed by atoms with van der Waals surface area (Å²) in [6.45, 7) is 1.68. The Bertz CT molecular complexity index is 1030. The number of carbonyl (C=O) groups is 2. The van der Waals surface area contributed by atoms with Crippen molar-refractivity contribution in [2.24, 2.45) is 10.2 Å². The minimum absolute atomic E-state index is 0.0411. The number of hydrogen-bond donors (Lipinski definition) is 2. The molecule has 2 heterocycles. The first-order valence-electron chi connectivity index (χ1n) is 7.33. The standard InChI is InChI=1S/C17H10ClFN4O2/c1-7-4-9(19)6-11-13(7)21-17(25)15(11)23-22-14-10-5-8(18)2-3-12(10)20-16(14)24/h2-6H,1H3,(H,20,22,24)(H,21,23,25). The molecular weight excluding hydrogens is 347 g/mol. The van der Waals surface area contributed by atoms with Crippen LogP contribution in [0.15, 0.2) is 40.5 Å². The number of anilines is 2. The van der Waals surface area contributed by atoms with Gasteiger partial charge in [-0.15, -0.1) is 10.2 Å². The molecule has 0 spiro atoms. The summed E-state index contributed by atoms with van der Waals surface area (Å²) in [7, 11) is 0. The lowest BCUT2D eigenvalue weighted by molar-refractivity contribution is -0.111. The van der Waals surface area contributed by atoms with Gasteiger partial charge in [-0.1, -0.05) is 11.6 Å².